The number of nitrogens with two attached hydrogens (primary N) is 1. The van der Waals surface area contributed by atoms with Crippen LogP contribution in [0.4, 0.5) is 4.39 Å². The third-order valence-electron chi connectivity index (χ3n) is 3.89. The van der Waals surface area contributed by atoms with Gasteiger partial charge in [0.2, 0.25) is 0 Å². The lowest BCUT2D eigenvalue weighted by atomic mass is 9.87. The molecule has 0 fully saturated rings. The minimum atomic E-state index is -1.08. The zero-order valence-electron chi connectivity index (χ0n) is 12.1. The summed E-state index contributed by atoms with van der Waals surface area (Å²) < 4.78 is 14.0. The fraction of sp³-hybridized carbons (Fsp3) is 0.294. The van der Waals surface area contributed by atoms with Crippen LogP contribution in [0.3, 0.4) is 0 Å². The molecule has 0 amide bonds. The van der Waals surface area contributed by atoms with E-state index in [1.165, 1.54) is 12.1 Å². The smallest absolute Gasteiger partial charge is 0.130 e. The van der Waals surface area contributed by atoms with Crippen LogP contribution in [-0.2, 0) is 0 Å². The Morgan fingerprint density at radius 2 is 1.90 bits per heavy atom. The largest absolute Gasteiger partial charge is 0.388 e. The van der Waals surface area contributed by atoms with Gasteiger partial charge in [0.1, 0.15) is 5.82 Å². The van der Waals surface area contributed by atoms with Gasteiger partial charge in [-0.15, -0.1) is 0 Å². The third-order valence-corrected chi connectivity index (χ3v) is 4.22. The van der Waals surface area contributed by atoms with E-state index in [0.29, 0.717) is 0 Å². The molecule has 0 saturated heterocycles. The molecule has 112 valence electrons. The zero-order valence-corrected chi connectivity index (χ0v) is 12.9. The summed E-state index contributed by atoms with van der Waals surface area (Å²) in [5, 5.41) is 10.8. The standard InChI is InChI=1S/C17H19ClFNO/c1-10-6-7-12(8-11(10)2)13(9-20)17(21)16-14(18)4-3-5-15(16)19/h3-8,13,17,21H,9,20H2,1-2H3. The minimum Gasteiger partial charge on any atom is -0.388 e. The van der Waals surface area contributed by atoms with Gasteiger partial charge in [-0.05, 0) is 42.7 Å². The summed E-state index contributed by atoms with van der Waals surface area (Å²) in [5.41, 5.74) is 9.06. The molecule has 0 aliphatic carbocycles. The van der Waals surface area contributed by atoms with Gasteiger partial charge in [0.15, 0.2) is 0 Å². The summed E-state index contributed by atoms with van der Waals surface area (Å²) in [6.45, 7) is 4.21. The monoisotopic (exact) mass is 307 g/mol. The maximum Gasteiger partial charge on any atom is 0.130 e. The van der Waals surface area contributed by atoms with Crippen molar-refractivity contribution in [2.24, 2.45) is 5.73 Å². The number of aliphatic hydroxyl groups excluding tert-OH is 1. The first-order valence-corrected chi connectivity index (χ1v) is 7.22. The Balaban J connectivity index is 2.43. The number of hydrogen-bond donors (Lipinski definition) is 2. The number of benzene rings is 2. The highest BCUT2D eigenvalue weighted by Crippen LogP contribution is 2.36. The highest BCUT2D eigenvalue weighted by molar-refractivity contribution is 6.31. The van der Waals surface area contributed by atoms with E-state index in [1.807, 2.05) is 32.0 Å². The Bertz CT molecular complexity index is 624. The van der Waals surface area contributed by atoms with Gasteiger partial charge in [-0.2, -0.15) is 0 Å². The van der Waals surface area contributed by atoms with Crippen LogP contribution in [0.5, 0.6) is 0 Å². The van der Waals surface area contributed by atoms with E-state index in [1.54, 1.807) is 6.07 Å². The van der Waals surface area contributed by atoms with Gasteiger partial charge >= 0.3 is 0 Å². The van der Waals surface area contributed by atoms with Crippen molar-refractivity contribution in [3.63, 3.8) is 0 Å². The molecule has 0 bridgehead atoms. The molecule has 0 spiro atoms. The normalized spacial score (nSPS) is 14.0. The first-order valence-electron chi connectivity index (χ1n) is 6.85. The molecule has 2 atom stereocenters. The summed E-state index contributed by atoms with van der Waals surface area (Å²) >= 11 is 6.03. The molecule has 3 N–H and O–H groups in total. The zero-order chi connectivity index (χ0) is 15.6. The van der Waals surface area contributed by atoms with Crippen LogP contribution in [-0.4, -0.2) is 11.7 Å². The van der Waals surface area contributed by atoms with Crippen LogP contribution in [0.2, 0.25) is 5.02 Å². The lowest BCUT2D eigenvalue weighted by molar-refractivity contribution is 0.143. The van der Waals surface area contributed by atoms with Crippen molar-refractivity contribution in [2.75, 3.05) is 6.54 Å². The molecule has 0 heterocycles. The summed E-state index contributed by atoms with van der Waals surface area (Å²) in [4.78, 5) is 0. The lowest BCUT2D eigenvalue weighted by Gasteiger charge is -2.24. The third kappa shape index (κ3) is 3.26. The molecule has 21 heavy (non-hydrogen) atoms. The number of hydrogen-bond acceptors (Lipinski definition) is 2. The van der Waals surface area contributed by atoms with Crippen LogP contribution in [0.1, 0.15) is 34.3 Å². The second-order valence-corrected chi connectivity index (χ2v) is 5.67. The van der Waals surface area contributed by atoms with Crippen LogP contribution in [0.15, 0.2) is 36.4 Å². The molecule has 0 aliphatic heterocycles. The number of aryl methyl sites for hydroxylation is 2. The van der Waals surface area contributed by atoms with Crippen molar-refractivity contribution in [3.8, 4) is 0 Å². The molecule has 2 unspecified atom stereocenters. The van der Waals surface area contributed by atoms with E-state index < -0.39 is 17.8 Å². The van der Waals surface area contributed by atoms with Crippen LogP contribution >= 0.6 is 11.6 Å². The van der Waals surface area contributed by atoms with Gasteiger partial charge < -0.3 is 10.8 Å². The Labute approximate surface area is 129 Å². The molecule has 0 saturated carbocycles. The van der Waals surface area contributed by atoms with Gasteiger partial charge in [0, 0.05) is 23.0 Å². The van der Waals surface area contributed by atoms with Gasteiger partial charge in [0.25, 0.3) is 0 Å². The predicted octanol–water partition coefficient (Wildman–Crippen LogP) is 3.87. The van der Waals surface area contributed by atoms with E-state index >= 15 is 0 Å². The van der Waals surface area contributed by atoms with Gasteiger partial charge in [0.05, 0.1) is 6.10 Å². The van der Waals surface area contributed by atoms with Crippen LogP contribution in [0.25, 0.3) is 0 Å². The SMILES string of the molecule is Cc1ccc(C(CN)C(O)c2c(F)cccc2Cl)cc1C. The number of rotatable bonds is 4. The molecule has 2 rings (SSSR count). The van der Waals surface area contributed by atoms with Crippen molar-refractivity contribution in [2.45, 2.75) is 25.9 Å². The maximum absolute atomic E-state index is 14.0. The van der Waals surface area contributed by atoms with Gasteiger partial charge in [-0.25, -0.2) is 4.39 Å². The molecule has 0 aliphatic rings. The highest BCUT2D eigenvalue weighted by Gasteiger charge is 2.26. The average molecular weight is 308 g/mol. The quantitative estimate of drug-likeness (QED) is 0.900. The summed E-state index contributed by atoms with van der Waals surface area (Å²) in [5.74, 6) is -0.920. The number of halogens is 2. The average Bonchev–Trinajstić information content (AvgIpc) is 2.43. The van der Waals surface area contributed by atoms with E-state index in [-0.39, 0.29) is 17.1 Å². The summed E-state index contributed by atoms with van der Waals surface area (Å²) in [6.07, 6.45) is -1.08. The second-order valence-electron chi connectivity index (χ2n) is 5.27. The van der Waals surface area contributed by atoms with Gasteiger partial charge in [-0.1, -0.05) is 35.9 Å². The predicted molar refractivity (Wildman–Crippen MR) is 84.1 cm³/mol. The fourth-order valence-electron chi connectivity index (χ4n) is 2.44. The molecule has 2 aromatic carbocycles. The second kappa shape index (κ2) is 6.56. The molecular weight excluding hydrogens is 289 g/mol. The summed E-state index contributed by atoms with van der Waals surface area (Å²) in [6, 6.07) is 10.2. The van der Waals surface area contributed by atoms with Crippen molar-refractivity contribution < 1.29 is 9.50 Å². The molecule has 2 aromatic rings. The number of aliphatic hydroxyl groups is 1. The Morgan fingerprint density at radius 3 is 2.48 bits per heavy atom. The van der Waals surface area contributed by atoms with E-state index in [9.17, 15) is 9.50 Å². The van der Waals surface area contributed by atoms with E-state index in [0.717, 1.165) is 16.7 Å². The molecule has 4 heteroatoms. The summed E-state index contributed by atoms with van der Waals surface area (Å²) in [7, 11) is 0. The molecule has 0 radical (unpaired) electrons. The van der Waals surface area contributed by atoms with Crippen molar-refractivity contribution in [1.82, 2.24) is 0 Å². The first-order chi connectivity index (χ1) is 9.95. The van der Waals surface area contributed by atoms with E-state index in [4.69, 9.17) is 17.3 Å². The Kier molecular flexibility index (Phi) is 4.99. The molecule has 0 aromatic heterocycles. The van der Waals surface area contributed by atoms with Crippen molar-refractivity contribution in [3.05, 3.63) is 69.5 Å². The molecule has 2 nitrogen and oxygen atoms in total. The lowest BCUT2D eigenvalue weighted by Crippen LogP contribution is -2.21. The van der Waals surface area contributed by atoms with Crippen LogP contribution in [0, 0.1) is 19.7 Å². The van der Waals surface area contributed by atoms with Crippen molar-refractivity contribution in [1.29, 1.82) is 0 Å². The van der Waals surface area contributed by atoms with E-state index in [2.05, 4.69) is 0 Å². The molecular formula is C17H19ClFNO. The minimum absolute atomic E-state index is 0.104. The van der Waals surface area contributed by atoms with Gasteiger partial charge in [-0.3, -0.25) is 0 Å². The van der Waals surface area contributed by atoms with Crippen molar-refractivity contribution >= 4 is 11.6 Å². The fourth-order valence-corrected chi connectivity index (χ4v) is 2.71. The first kappa shape index (κ1) is 16.0. The Morgan fingerprint density at radius 1 is 1.19 bits per heavy atom. The Hall–Kier alpha value is -1.42. The maximum atomic E-state index is 14.0. The highest BCUT2D eigenvalue weighted by atomic mass is 35.5. The topological polar surface area (TPSA) is 46.2 Å². The van der Waals surface area contributed by atoms with Crippen LogP contribution < -0.4 is 5.73 Å².